The van der Waals surface area contributed by atoms with Crippen LogP contribution >= 0.6 is 23.2 Å². The van der Waals surface area contributed by atoms with Crippen LogP contribution in [0.4, 0.5) is 0 Å². The van der Waals surface area contributed by atoms with Crippen LogP contribution in [0.2, 0.25) is 10.0 Å². The van der Waals surface area contributed by atoms with Gasteiger partial charge in [-0.15, -0.1) is 0 Å². The van der Waals surface area contributed by atoms with Crippen LogP contribution in [0.3, 0.4) is 0 Å². The van der Waals surface area contributed by atoms with Crippen molar-refractivity contribution in [1.82, 2.24) is 0 Å². The fourth-order valence-corrected chi connectivity index (χ4v) is 2.41. The molecule has 0 spiro atoms. The first kappa shape index (κ1) is 11.5. The molecule has 0 aliphatic heterocycles. The molecule has 0 aromatic heterocycles. The molecule has 0 nitrogen and oxygen atoms in total. The summed E-state index contributed by atoms with van der Waals surface area (Å²) in [6, 6.07) is 12.9. The molecule has 0 aliphatic carbocycles. The summed E-state index contributed by atoms with van der Waals surface area (Å²) in [6.07, 6.45) is 0. The molecule has 2 heteroatoms. The number of benzene rings is 2. The van der Waals surface area contributed by atoms with E-state index in [1.807, 2.05) is 44.2 Å². The Morgan fingerprint density at radius 1 is 1.06 bits per heavy atom. The molecule has 0 saturated carbocycles. The first-order chi connectivity index (χ1) is 7.58. The molecule has 0 bridgehead atoms. The highest BCUT2D eigenvalue weighted by Crippen LogP contribution is 2.32. The highest BCUT2D eigenvalue weighted by Gasteiger charge is 2.07. The maximum absolute atomic E-state index is 6.22. The predicted molar refractivity (Wildman–Crippen MR) is 70.2 cm³/mol. The average Bonchev–Trinajstić information content (AvgIpc) is 2.15. The largest absolute Gasteiger partial charge is 0.0837 e. The molecule has 16 heavy (non-hydrogen) atoms. The van der Waals surface area contributed by atoms with Crippen molar-refractivity contribution >= 4 is 23.2 Å². The first-order valence-electron chi connectivity index (χ1n) is 5.03. The van der Waals surface area contributed by atoms with Crippen LogP contribution in [0.25, 0.3) is 11.1 Å². The lowest BCUT2D eigenvalue weighted by molar-refractivity contribution is 1.42. The van der Waals surface area contributed by atoms with E-state index in [9.17, 15) is 0 Å². The van der Waals surface area contributed by atoms with Gasteiger partial charge in [-0.3, -0.25) is 0 Å². The molecule has 0 aliphatic rings. The molecule has 2 aromatic rings. The van der Waals surface area contributed by atoms with Crippen molar-refractivity contribution in [1.29, 1.82) is 0 Å². The fourth-order valence-electron chi connectivity index (χ4n) is 1.81. The monoisotopic (exact) mass is 249 g/mol. The summed E-state index contributed by atoms with van der Waals surface area (Å²) in [4.78, 5) is 0. The van der Waals surface area contributed by atoms with Crippen LogP contribution in [-0.4, -0.2) is 0 Å². The molecule has 0 fully saturated rings. The number of halogens is 2. The lowest BCUT2D eigenvalue weighted by Gasteiger charge is -2.09. The number of hydrogen-bond acceptors (Lipinski definition) is 0. The van der Waals surface area contributed by atoms with Crippen LogP contribution in [0.5, 0.6) is 0 Å². The maximum atomic E-state index is 6.22. The van der Waals surface area contributed by atoms with Gasteiger partial charge in [0.1, 0.15) is 0 Å². The van der Waals surface area contributed by atoms with Crippen LogP contribution in [0.15, 0.2) is 30.3 Å². The van der Waals surface area contributed by atoms with E-state index in [4.69, 9.17) is 23.2 Å². The van der Waals surface area contributed by atoms with Crippen molar-refractivity contribution in [2.45, 2.75) is 13.8 Å². The van der Waals surface area contributed by atoms with Crippen LogP contribution in [-0.2, 0) is 0 Å². The van der Waals surface area contributed by atoms with Crippen LogP contribution < -0.4 is 0 Å². The Kier molecular flexibility index (Phi) is 3.22. The average molecular weight is 250 g/mol. The minimum Gasteiger partial charge on any atom is -0.0837 e. The van der Waals surface area contributed by atoms with E-state index in [1.165, 1.54) is 0 Å². The van der Waals surface area contributed by atoms with E-state index >= 15 is 0 Å². The quantitative estimate of drug-likeness (QED) is 0.662. The van der Waals surface area contributed by atoms with Gasteiger partial charge in [0.05, 0.1) is 0 Å². The standard InChI is InChI=1S/C14H11Cl2/c1-9-6-11(8-12(15)7-9)14-10(2)4-3-5-13(14)16/h3-6,8H,1-2H3. The summed E-state index contributed by atoms with van der Waals surface area (Å²) < 4.78 is 0. The topological polar surface area (TPSA) is 0 Å². The third-order valence-electron chi connectivity index (χ3n) is 2.48. The van der Waals surface area contributed by atoms with Gasteiger partial charge in [-0.25, -0.2) is 0 Å². The number of aryl methyl sites for hydroxylation is 2. The predicted octanol–water partition coefficient (Wildman–Crippen LogP) is 5.08. The zero-order valence-corrected chi connectivity index (χ0v) is 10.7. The minimum absolute atomic E-state index is 0.620. The molecule has 0 unspecified atom stereocenters. The molecular weight excluding hydrogens is 239 g/mol. The first-order valence-corrected chi connectivity index (χ1v) is 5.78. The minimum atomic E-state index is 0.620. The van der Waals surface area contributed by atoms with E-state index < -0.39 is 0 Å². The zero-order valence-electron chi connectivity index (χ0n) is 9.14. The molecule has 2 rings (SSSR count). The third kappa shape index (κ3) is 2.23. The third-order valence-corrected chi connectivity index (χ3v) is 3.00. The smallest absolute Gasteiger partial charge is 0.0493 e. The van der Waals surface area contributed by atoms with Gasteiger partial charge in [-0.2, -0.15) is 0 Å². The second-order valence-corrected chi connectivity index (χ2v) is 4.65. The Morgan fingerprint density at radius 3 is 2.44 bits per heavy atom. The Labute approximate surface area is 106 Å². The summed E-state index contributed by atoms with van der Waals surface area (Å²) in [7, 11) is 0. The van der Waals surface area contributed by atoms with Gasteiger partial charge in [0, 0.05) is 21.7 Å². The second-order valence-electron chi connectivity index (χ2n) is 3.83. The molecule has 0 amide bonds. The summed E-state index contributed by atoms with van der Waals surface area (Å²) in [6.45, 7) is 4.02. The molecule has 81 valence electrons. The highest BCUT2D eigenvalue weighted by molar-refractivity contribution is 6.34. The van der Waals surface area contributed by atoms with Crippen molar-refractivity contribution in [2.24, 2.45) is 0 Å². The van der Waals surface area contributed by atoms with Gasteiger partial charge in [0.2, 0.25) is 0 Å². The molecule has 2 aromatic carbocycles. The van der Waals surface area contributed by atoms with Gasteiger partial charge < -0.3 is 0 Å². The van der Waals surface area contributed by atoms with Gasteiger partial charge in [-0.1, -0.05) is 41.4 Å². The summed E-state index contributed by atoms with van der Waals surface area (Å²) in [5.74, 6) is 0. The Hall–Kier alpha value is -0.980. The normalized spacial score (nSPS) is 10.5. The zero-order chi connectivity index (χ0) is 11.7. The summed E-state index contributed by atoms with van der Waals surface area (Å²) in [5.41, 5.74) is 4.25. The molecule has 0 atom stereocenters. The van der Waals surface area contributed by atoms with Crippen molar-refractivity contribution < 1.29 is 0 Å². The van der Waals surface area contributed by atoms with E-state index in [-0.39, 0.29) is 0 Å². The van der Waals surface area contributed by atoms with Crippen LogP contribution in [0.1, 0.15) is 11.1 Å². The van der Waals surface area contributed by atoms with Gasteiger partial charge in [0.15, 0.2) is 0 Å². The SMILES string of the molecule is Cc1[c]c(Cl)cc(-c2c(C)cccc2Cl)c1. The Bertz CT molecular complexity index is 490. The fraction of sp³-hybridized carbons (Fsp3) is 0.143. The van der Waals surface area contributed by atoms with Crippen molar-refractivity contribution in [2.75, 3.05) is 0 Å². The highest BCUT2D eigenvalue weighted by atomic mass is 35.5. The number of hydrogen-bond donors (Lipinski definition) is 0. The van der Waals surface area contributed by atoms with Crippen molar-refractivity contribution in [3.63, 3.8) is 0 Å². The second kappa shape index (κ2) is 4.48. The van der Waals surface area contributed by atoms with Gasteiger partial charge in [0.25, 0.3) is 0 Å². The van der Waals surface area contributed by atoms with Crippen LogP contribution in [0, 0.1) is 19.9 Å². The summed E-state index contributed by atoms with van der Waals surface area (Å²) in [5, 5.41) is 1.37. The van der Waals surface area contributed by atoms with Gasteiger partial charge in [-0.05, 0) is 42.7 Å². The molecule has 0 saturated heterocycles. The Morgan fingerprint density at radius 2 is 1.81 bits per heavy atom. The Balaban J connectivity index is 2.67. The lowest BCUT2D eigenvalue weighted by atomic mass is 9.99. The van der Waals surface area contributed by atoms with E-state index in [1.54, 1.807) is 0 Å². The van der Waals surface area contributed by atoms with E-state index in [0.717, 1.165) is 27.3 Å². The van der Waals surface area contributed by atoms with Crippen molar-refractivity contribution in [3.8, 4) is 11.1 Å². The molecular formula is C14H11Cl2. The van der Waals surface area contributed by atoms with E-state index in [2.05, 4.69) is 6.07 Å². The van der Waals surface area contributed by atoms with Crippen molar-refractivity contribution in [3.05, 3.63) is 57.6 Å². The molecule has 0 heterocycles. The molecule has 0 N–H and O–H groups in total. The maximum Gasteiger partial charge on any atom is 0.0493 e. The van der Waals surface area contributed by atoms with Gasteiger partial charge >= 0.3 is 0 Å². The molecule has 1 radical (unpaired) electrons. The number of rotatable bonds is 1. The summed E-state index contributed by atoms with van der Waals surface area (Å²) >= 11 is 12.2. The van der Waals surface area contributed by atoms with E-state index in [0.29, 0.717) is 5.02 Å². The lowest BCUT2D eigenvalue weighted by Crippen LogP contribution is -1.86.